The van der Waals surface area contributed by atoms with Crippen LogP contribution in [-0.4, -0.2) is 40.0 Å². The summed E-state index contributed by atoms with van der Waals surface area (Å²) in [7, 11) is 1.77. The summed E-state index contributed by atoms with van der Waals surface area (Å²) in [6, 6.07) is 0. The average molecular weight is 215 g/mol. The molecule has 0 radical (unpaired) electrons. The number of hydrogen-bond acceptors (Lipinski definition) is 3. The van der Waals surface area contributed by atoms with E-state index >= 15 is 0 Å². The molecule has 1 aliphatic rings. The molecule has 1 rings (SSSR count). The summed E-state index contributed by atoms with van der Waals surface area (Å²) in [6.45, 7) is 5.15. The summed E-state index contributed by atoms with van der Waals surface area (Å²) >= 11 is 0. The Morgan fingerprint density at radius 1 is 1.20 bits per heavy atom. The lowest BCUT2D eigenvalue weighted by Gasteiger charge is -2.22. The van der Waals surface area contributed by atoms with E-state index in [9.17, 15) is 0 Å². The van der Waals surface area contributed by atoms with Gasteiger partial charge >= 0.3 is 0 Å². The van der Waals surface area contributed by atoms with Gasteiger partial charge in [0.25, 0.3) is 0 Å². The normalized spacial score (nSPS) is 18.2. The van der Waals surface area contributed by atoms with Crippen molar-refractivity contribution in [1.82, 2.24) is 5.32 Å². The third-order valence-electron chi connectivity index (χ3n) is 2.98. The molecule has 0 aromatic rings. The maximum Gasteiger partial charge on any atom is 0.0469 e. The Bertz CT molecular complexity index is 136. The molecule has 0 aromatic heterocycles. The van der Waals surface area contributed by atoms with E-state index in [0.717, 1.165) is 32.3 Å². The van der Waals surface area contributed by atoms with Crippen molar-refractivity contribution in [3.8, 4) is 0 Å². The zero-order valence-electron chi connectivity index (χ0n) is 9.96. The summed E-state index contributed by atoms with van der Waals surface area (Å²) in [5.74, 6) is 0.845. The largest absolute Gasteiger partial charge is 0.385 e. The molecule has 90 valence electrons. The van der Waals surface area contributed by atoms with E-state index in [1.807, 2.05) is 0 Å². The fourth-order valence-electron chi connectivity index (χ4n) is 1.93. The van der Waals surface area contributed by atoms with Crippen LogP contribution in [0.3, 0.4) is 0 Å². The number of unbranched alkanes of at least 4 members (excludes halogenated alkanes) is 2. The van der Waals surface area contributed by atoms with E-state index in [1.54, 1.807) is 7.11 Å². The number of ether oxygens (including phenoxy) is 2. The minimum Gasteiger partial charge on any atom is -0.385 e. The van der Waals surface area contributed by atoms with Gasteiger partial charge in [0.15, 0.2) is 0 Å². The zero-order chi connectivity index (χ0) is 10.8. The van der Waals surface area contributed by atoms with Gasteiger partial charge in [0.05, 0.1) is 0 Å². The second kappa shape index (κ2) is 9.13. The zero-order valence-corrected chi connectivity index (χ0v) is 9.96. The second-order valence-corrected chi connectivity index (χ2v) is 4.31. The molecule has 15 heavy (non-hydrogen) atoms. The van der Waals surface area contributed by atoms with Gasteiger partial charge < -0.3 is 14.8 Å². The quantitative estimate of drug-likeness (QED) is 0.627. The van der Waals surface area contributed by atoms with Gasteiger partial charge in [-0.25, -0.2) is 0 Å². The molecule has 0 aromatic carbocycles. The van der Waals surface area contributed by atoms with Crippen molar-refractivity contribution in [2.24, 2.45) is 5.92 Å². The van der Waals surface area contributed by atoms with Gasteiger partial charge in [0.2, 0.25) is 0 Å². The van der Waals surface area contributed by atoms with Gasteiger partial charge in [-0.05, 0) is 51.1 Å². The Labute approximate surface area is 93.5 Å². The fourth-order valence-corrected chi connectivity index (χ4v) is 1.93. The molecule has 1 aliphatic heterocycles. The molecule has 1 N–H and O–H groups in total. The van der Waals surface area contributed by atoms with E-state index in [0.29, 0.717) is 0 Å². The van der Waals surface area contributed by atoms with Crippen LogP contribution in [0.4, 0.5) is 0 Å². The highest BCUT2D eigenvalue weighted by Gasteiger charge is 2.12. The summed E-state index contributed by atoms with van der Waals surface area (Å²) in [4.78, 5) is 0. The number of methoxy groups -OCH3 is 1. The number of rotatable bonds is 8. The van der Waals surface area contributed by atoms with Crippen molar-refractivity contribution in [3.63, 3.8) is 0 Å². The highest BCUT2D eigenvalue weighted by Crippen LogP contribution is 2.13. The molecule has 0 bridgehead atoms. The van der Waals surface area contributed by atoms with Crippen LogP contribution in [0.1, 0.15) is 32.1 Å². The molecule has 0 amide bonds. The van der Waals surface area contributed by atoms with Gasteiger partial charge in [-0.15, -0.1) is 0 Å². The van der Waals surface area contributed by atoms with Crippen molar-refractivity contribution >= 4 is 0 Å². The van der Waals surface area contributed by atoms with Crippen LogP contribution in [0.15, 0.2) is 0 Å². The topological polar surface area (TPSA) is 30.5 Å². The van der Waals surface area contributed by atoms with E-state index in [4.69, 9.17) is 9.47 Å². The van der Waals surface area contributed by atoms with Crippen LogP contribution in [0.5, 0.6) is 0 Å². The smallest absolute Gasteiger partial charge is 0.0469 e. The van der Waals surface area contributed by atoms with Gasteiger partial charge in [-0.2, -0.15) is 0 Å². The third kappa shape index (κ3) is 6.88. The van der Waals surface area contributed by atoms with Crippen LogP contribution in [-0.2, 0) is 9.47 Å². The van der Waals surface area contributed by atoms with Gasteiger partial charge in [-0.3, -0.25) is 0 Å². The lowest BCUT2D eigenvalue weighted by atomic mass is 10.0. The summed E-state index contributed by atoms with van der Waals surface area (Å²) in [5, 5.41) is 3.54. The van der Waals surface area contributed by atoms with Crippen LogP contribution in [0.25, 0.3) is 0 Å². The molecule has 0 spiro atoms. The summed E-state index contributed by atoms with van der Waals surface area (Å²) < 4.78 is 10.3. The molecule has 1 saturated heterocycles. The van der Waals surface area contributed by atoms with Crippen molar-refractivity contribution in [2.75, 3.05) is 40.0 Å². The van der Waals surface area contributed by atoms with Crippen LogP contribution < -0.4 is 5.32 Å². The van der Waals surface area contributed by atoms with E-state index < -0.39 is 0 Å². The van der Waals surface area contributed by atoms with Crippen molar-refractivity contribution < 1.29 is 9.47 Å². The van der Waals surface area contributed by atoms with Crippen LogP contribution >= 0.6 is 0 Å². The first-order valence-electron chi connectivity index (χ1n) is 6.21. The molecular weight excluding hydrogens is 190 g/mol. The standard InChI is InChI=1S/C12H25NO2/c1-14-8-4-2-3-7-13-11-12-5-9-15-10-6-12/h12-13H,2-11H2,1H3. The van der Waals surface area contributed by atoms with Crippen LogP contribution in [0.2, 0.25) is 0 Å². The van der Waals surface area contributed by atoms with E-state index in [1.165, 1.54) is 38.6 Å². The molecule has 3 nitrogen and oxygen atoms in total. The lowest BCUT2D eigenvalue weighted by Crippen LogP contribution is -2.28. The molecule has 1 fully saturated rings. The maximum absolute atomic E-state index is 5.33. The maximum atomic E-state index is 5.33. The molecule has 0 atom stereocenters. The first-order valence-corrected chi connectivity index (χ1v) is 6.21. The second-order valence-electron chi connectivity index (χ2n) is 4.31. The molecule has 0 unspecified atom stereocenters. The Hall–Kier alpha value is -0.120. The highest BCUT2D eigenvalue weighted by atomic mass is 16.5. The minimum atomic E-state index is 0.845. The molecular formula is C12H25NO2. The molecule has 1 heterocycles. The van der Waals surface area contributed by atoms with Crippen LogP contribution in [0, 0.1) is 5.92 Å². The molecule has 0 aliphatic carbocycles. The average Bonchev–Trinajstić information content (AvgIpc) is 2.29. The summed E-state index contributed by atoms with van der Waals surface area (Å²) in [6.07, 6.45) is 6.20. The first kappa shape index (κ1) is 12.9. The SMILES string of the molecule is COCCCCCNCC1CCOCC1. The highest BCUT2D eigenvalue weighted by molar-refractivity contribution is 4.65. The Morgan fingerprint density at radius 2 is 2.00 bits per heavy atom. The fraction of sp³-hybridized carbons (Fsp3) is 1.00. The third-order valence-corrected chi connectivity index (χ3v) is 2.98. The number of hydrogen-bond donors (Lipinski definition) is 1. The van der Waals surface area contributed by atoms with Gasteiger partial charge in [0, 0.05) is 26.9 Å². The predicted molar refractivity (Wildman–Crippen MR) is 62.1 cm³/mol. The predicted octanol–water partition coefficient (Wildman–Crippen LogP) is 1.82. The molecule has 3 heteroatoms. The minimum absolute atomic E-state index is 0.845. The van der Waals surface area contributed by atoms with Crippen molar-refractivity contribution in [1.29, 1.82) is 0 Å². The number of nitrogens with one attached hydrogen (secondary N) is 1. The lowest BCUT2D eigenvalue weighted by molar-refractivity contribution is 0.0663. The first-order chi connectivity index (χ1) is 7.43. The summed E-state index contributed by atoms with van der Waals surface area (Å²) in [5.41, 5.74) is 0. The monoisotopic (exact) mass is 215 g/mol. The Balaban J connectivity index is 1.79. The molecule has 0 saturated carbocycles. The van der Waals surface area contributed by atoms with Crippen molar-refractivity contribution in [3.05, 3.63) is 0 Å². The Morgan fingerprint density at radius 3 is 2.73 bits per heavy atom. The van der Waals surface area contributed by atoms with Gasteiger partial charge in [-0.1, -0.05) is 0 Å². The Kier molecular flexibility index (Phi) is 7.88. The van der Waals surface area contributed by atoms with Crippen molar-refractivity contribution in [2.45, 2.75) is 32.1 Å². The van der Waals surface area contributed by atoms with Gasteiger partial charge in [0.1, 0.15) is 0 Å². The van der Waals surface area contributed by atoms with E-state index in [-0.39, 0.29) is 0 Å². The van der Waals surface area contributed by atoms with E-state index in [2.05, 4.69) is 5.32 Å².